The van der Waals surface area contributed by atoms with Crippen LogP contribution in [0, 0.1) is 10.8 Å². The van der Waals surface area contributed by atoms with Crippen LogP contribution in [0.15, 0.2) is 0 Å². The molecule has 0 heterocycles. The van der Waals surface area contributed by atoms with Gasteiger partial charge in [0.25, 0.3) is 0 Å². The van der Waals surface area contributed by atoms with Gasteiger partial charge in [0.05, 0.1) is 0 Å². The third-order valence-corrected chi connectivity index (χ3v) is 4.20. The van der Waals surface area contributed by atoms with Crippen molar-refractivity contribution in [3.05, 3.63) is 0 Å². The second kappa shape index (κ2) is 6.75. The van der Waals surface area contributed by atoms with E-state index in [-0.39, 0.29) is 0 Å². The van der Waals surface area contributed by atoms with Gasteiger partial charge in [-0.2, -0.15) is 0 Å². The topological polar surface area (TPSA) is 15.3 Å². The summed E-state index contributed by atoms with van der Waals surface area (Å²) in [6.45, 7) is 19.5. The zero-order valence-corrected chi connectivity index (χ0v) is 13.4. The Morgan fingerprint density at radius 1 is 1.12 bits per heavy atom. The SMILES string of the molecule is CCNCC(C)(CC)CN(C)C(C)C(C)(C)C. The fourth-order valence-electron chi connectivity index (χ4n) is 2.12. The summed E-state index contributed by atoms with van der Waals surface area (Å²) >= 11 is 0. The summed E-state index contributed by atoms with van der Waals surface area (Å²) in [6, 6.07) is 0.606. The van der Waals surface area contributed by atoms with Gasteiger partial charge >= 0.3 is 0 Å². The van der Waals surface area contributed by atoms with Crippen molar-refractivity contribution in [1.82, 2.24) is 10.2 Å². The second-order valence-corrected chi connectivity index (χ2v) is 6.90. The third kappa shape index (κ3) is 5.87. The largest absolute Gasteiger partial charge is 0.316 e. The molecule has 0 fully saturated rings. The summed E-state index contributed by atoms with van der Waals surface area (Å²) in [6.07, 6.45) is 1.22. The molecule has 0 bridgehead atoms. The smallest absolute Gasteiger partial charge is 0.0113 e. The first-order valence-electron chi connectivity index (χ1n) is 7.07. The van der Waals surface area contributed by atoms with Crippen LogP contribution in [-0.2, 0) is 0 Å². The van der Waals surface area contributed by atoms with Gasteiger partial charge in [-0.15, -0.1) is 0 Å². The Kier molecular flexibility index (Phi) is 6.71. The van der Waals surface area contributed by atoms with Crippen LogP contribution in [0.4, 0.5) is 0 Å². The molecular formula is C15H34N2. The average Bonchev–Trinajstić information content (AvgIpc) is 2.24. The van der Waals surface area contributed by atoms with E-state index >= 15 is 0 Å². The average molecular weight is 242 g/mol. The molecule has 0 amide bonds. The quantitative estimate of drug-likeness (QED) is 0.736. The van der Waals surface area contributed by atoms with E-state index < -0.39 is 0 Å². The van der Waals surface area contributed by atoms with Gasteiger partial charge in [0, 0.05) is 19.1 Å². The molecule has 104 valence electrons. The minimum Gasteiger partial charge on any atom is -0.316 e. The van der Waals surface area contributed by atoms with Crippen LogP contribution >= 0.6 is 0 Å². The van der Waals surface area contributed by atoms with E-state index in [0.717, 1.165) is 19.6 Å². The first-order valence-corrected chi connectivity index (χ1v) is 7.07. The van der Waals surface area contributed by atoms with Crippen LogP contribution in [0.25, 0.3) is 0 Å². The number of hydrogen-bond donors (Lipinski definition) is 1. The molecule has 0 spiro atoms. The van der Waals surface area contributed by atoms with Gasteiger partial charge in [-0.3, -0.25) is 0 Å². The lowest BCUT2D eigenvalue weighted by molar-refractivity contribution is 0.0885. The molecular weight excluding hydrogens is 208 g/mol. The zero-order valence-electron chi connectivity index (χ0n) is 13.4. The first-order chi connectivity index (χ1) is 7.66. The monoisotopic (exact) mass is 242 g/mol. The van der Waals surface area contributed by atoms with Crippen molar-refractivity contribution < 1.29 is 0 Å². The molecule has 0 aliphatic rings. The molecule has 2 atom stereocenters. The zero-order chi connectivity index (χ0) is 13.7. The van der Waals surface area contributed by atoms with E-state index in [4.69, 9.17) is 0 Å². The number of nitrogens with zero attached hydrogens (tertiary/aromatic N) is 1. The van der Waals surface area contributed by atoms with Gasteiger partial charge < -0.3 is 10.2 Å². The van der Waals surface area contributed by atoms with E-state index in [1.54, 1.807) is 0 Å². The normalized spacial score (nSPS) is 18.2. The Labute approximate surface area is 109 Å². The number of hydrogen-bond acceptors (Lipinski definition) is 2. The minimum atomic E-state index is 0.349. The Morgan fingerprint density at radius 2 is 1.65 bits per heavy atom. The highest BCUT2D eigenvalue weighted by Crippen LogP contribution is 2.27. The van der Waals surface area contributed by atoms with Crippen LogP contribution in [0.2, 0.25) is 0 Å². The van der Waals surface area contributed by atoms with Gasteiger partial charge in [-0.25, -0.2) is 0 Å². The van der Waals surface area contributed by atoms with E-state index in [1.165, 1.54) is 6.42 Å². The predicted molar refractivity (Wildman–Crippen MR) is 78.5 cm³/mol. The molecule has 17 heavy (non-hydrogen) atoms. The van der Waals surface area contributed by atoms with Gasteiger partial charge in [0.15, 0.2) is 0 Å². The molecule has 0 aliphatic carbocycles. The molecule has 0 saturated carbocycles. The van der Waals surface area contributed by atoms with Crippen molar-refractivity contribution in [2.24, 2.45) is 10.8 Å². The lowest BCUT2D eigenvalue weighted by Gasteiger charge is -2.41. The lowest BCUT2D eigenvalue weighted by atomic mass is 9.83. The van der Waals surface area contributed by atoms with Crippen molar-refractivity contribution in [2.75, 3.05) is 26.7 Å². The summed E-state index contributed by atoms with van der Waals surface area (Å²) < 4.78 is 0. The van der Waals surface area contributed by atoms with Crippen LogP contribution in [0.1, 0.15) is 54.9 Å². The molecule has 1 N–H and O–H groups in total. The Bertz CT molecular complexity index is 207. The summed E-state index contributed by atoms with van der Waals surface area (Å²) in [5.41, 5.74) is 0.728. The van der Waals surface area contributed by atoms with Gasteiger partial charge in [0.2, 0.25) is 0 Å². The molecule has 0 radical (unpaired) electrons. The molecule has 0 rings (SSSR count). The molecule has 2 heteroatoms. The Morgan fingerprint density at radius 3 is 2.00 bits per heavy atom. The highest BCUT2D eigenvalue weighted by atomic mass is 15.1. The van der Waals surface area contributed by atoms with E-state index in [2.05, 4.69) is 65.7 Å². The summed E-state index contributed by atoms with van der Waals surface area (Å²) in [5.74, 6) is 0. The van der Waals surface area contributed by atoms with E-state index in [0.29, 0.717) is 16.9 Å². The first kappa shape index (κ1) is 16.9. The van der Waals surface area contributed by atoms with Crippen LogP contribution in [-0.4, -0.2) is 37.6 Å². The van der Waals surface area contributed by atoms with E-state index in [9.17, 15) is 0 Å². The second-order valence-electron chi connectivity index (χ2n) is 6.90. The fourth-order valence-corrected chi connectivity index (χ4v) is 2.12. The lowest BCUT2D eigenvalue weighted by Crippen LogP contribution is -2.47. The molecule has 0 saturated heterocycles. The molecule has 2 unspecified atom stereocenters. The van der Waals surface area contributed by atoms with Gasteiger partial charge in [0.1, 0.15) is 0 Å². The van der Waals surface area contributed by atoms with Crippen molar-refractivity contribution in [1.29, 1.82) is 0 Å². The van der Waals surface area contributed by atoms with Gasteiger partial charge in [-0.05, 0) is 37.8 Å². The highest BCUT2D eigenvalue weighted by Gasteiger charge is 2.29. The summed E-state index contributed by atoms with van der Waals surface area (Å²) in [7, 11) is 2.26. The predicted octanol–water partition coefficient (Wildman–Crippen LogP) is 3.38. The van der Waals surface area contributed by atoms with Crippen LogP contribution in [0.3, 0.4) is 0 Å². The Balaban J connectivity index is 4.46. The molecule has 0 aliphatic heterocycles. The molecule has 0 aromatic heterocycles. The molecule has 2 nitrogen and oxygen atoms in total. The van der Waals surface area contributed by atoms with E-state index in [1.807, 2.05) is 0 Å². The molecule has 0 aromatic rings. The Hall–Kier alpha value is -0.0800. The van der Waals surface area contributed by atoms with Crippen molar-refractivity contribution in [3.63, 3.8) is 0 Å². The summed E-state index contributed by atoms with van der Waals surface area (Å²) in [5, 5.41) is 3.50. The summed E-state index contributed by atoms with van der Waals surface area (Å²) in [4.78, 5) is 2.51. The number of rotatable bonds is 7. The minimum absolute atomic E-state index is 0.349. The maximum atomic E-state index is 3.50. The van der Waals surface area contributed by atoms with Crippen molar-refractivity contribution >= 4 is 0 Å². The van der Waals surface area contributed by atoms with Crippen LogP contribution in [0.5, 0.6) is 0 Å². The highest BCUT2D eigenvalue weighted by molar-refractivity contribution is 4.84. The fraction of sp³-hybridized carbons (Fsp3) is 1.00. The number of nitrogens with one attached hydrogen (secondary N) is 1. The molecule has 0 aromatic carbocycles. The standard InChI is InChI=1S/C15H34N2/c1-9-15(7,11-16-10-2)12-17(8)13(3)14(4,5)6/h13,16H,9-12H2,1-8H3. The maximum absolute atomic E-state index is 3.50. The third-order valence-electron chi connectivity index (χ3n) is 4.20. The van der Waals surface area contributed by atoms with Crippen LogP contribution < -0.4 is 5.32 Å². The maximum Gasteiger partial charge on any atom is 0.0113 e. The van der Waals surface area contributed by atoms with Crippen molar-refractivity contribution in [2.45, 2.75) is 60.9 Å². The van der Waals surface area contributed by atoms with Gasteiger partial charge in [-0.1, -0.05) is 41.5 Å². The van der Waals surface area contributed by atoms with Crippen molar-refractivity contribution in [3.8, 4) is 0 Å².